The highest BCUT2D eigenvalue weighted by molar-refractivity contribution is 5.89. The van der Waals surface area contributed by atoms with Crippen LogP contribution in [0.1, 0.15) is 17.5 Å². The van der Waals surface area contributed by atoms with E-state index < -0.39 is 0 Å². The minimum absolute atomic E-state index is 0.113. The summed E-state index contributed by atoms with van der Waals surface area (Å²) in [6.07, 6.45) is 3.36. The topological polar surface area (TPSA) is 72.8 Å². The third kappa shape index (κ3) is 3.45. The Morgan fingerprint density at radius 3 is 2.53 bits per heavy atom. The maximum absolute atomic E-state index is 12.0. The summed E-state index contributed by atoms with van der Waals surface area (Å²) in [6.45, 7) is 0.212. The molecule has 1 aromatic rings. The Kier molecular flexibility index (Phi) is 4.76. The standard InChI is InChI=1S/C14H20N2O3/c17-8-6-16(7-9-18)14(19)15-13-5-4-11-2-1-3-12(11)10-13/h4-5,10,17-18H,1-3,6-9H2,(H,15,19). The van der Waals surface area contributed by atoms with Crippen molar-refractivity contribution in [3.05, 3.63) is 29.3 Å². The number of hydrogen-bond donors (Lipinski definition) is 3. The van der Waals surface area contributed by atoms with E-state index in [1.165, 1.54) is 22.4 Å². The highest BCUT2D eigenvalue weighted by Crippen LogP contribution is 2.24. The summed E-state index contributed by atoms with van der Waals surface area (Å²) in [7, 11) is 0. The monoisotopic (exact) mass is 264 g/mol. The predicted molar refractivity (Wildman–Crippen MR) is 73.2 cm³/mol. The first-order valence-electron chi connectivity index (χ1n) is 6.64. The molecule has 104 valence electrons. The fourth-order valence-corrected chi connectivity index (χ4v) is 2.41. The van der Waals surface area contributed by atoms with Gasteiger partial charge in [0.2, 0.25) is 0 Å². The van der Waals surface area contributed by atoms with Crippen molar-refractivity contribution in [1.82, 2.24) is 4.90 Å². The minimum Gasteiger partial charge on any atom is -0.395 e. The lowest BCUT2D eigenvalue weighted by Gasteiger charge is -2.21. The number of benzene rings is 1. The van der Waals surface area contributed by atoms with Gasteiger partial charge in [0.1, 0.15) is 0 Å². The summed E-state index contributed by atoms with van der Waals surface area (Å²) < 4.78 is 0. The fourth-order valence-electron chi connectivity index (χ4n) is 2.41. The molecule has 0 fully saturated rings. The SMILES string of the molecule is O=C(Nc1ccc2c(c1)CCC2)N(CCO)CCO. The molecule has 19 heavy (non-hydrogen) atoms. The van der Waals surface area contributed by atoms with Gasteiger partial charge in [0.25, 0.3) is 0 Å². The van der Waals surface area contributed by atoms with E-state index in [0.29, 0.717) is 0 Å². The number of carbonyl (C=O) groups is 1. The van der Waals surface area contributed by atoms with Gasteiger partial charge in [0.05, 0.1) is 13.2 Å². The molecule has 0 bridgehead atoms. The van der Waals surface area contributed by atoms with Gasteiger partial charge in [-0.15, -0.1) is 0 Å². The normalized spacial score (nSPS) is 13.2. The van der Waals surface area contributed by atoms with Crippen molar-refractivity contribution in [3.63, 3.8) is 0 Å². The molecule has 1 aliphatic carbocycles. The maximum Gasteiger partial charge on any atom is 0.321 e. The van der Waals surface area contributed by atoms with E-state index in [0.717, 1.165) is 18.5 Å². The van der Waals surface area contributed by atoms with Crippen molar-refractivity contribution in [1.29, 1.82) is 0 Å². The number of anilines is 1. The zero-order chi connectivity index (χ0) is 13.7. The van der Waals surface area contributed by atoms with Gasteiger partial charge in [-0.1, -0.05) is 6.07 Å². The van der Waals surface area contributed by atoms with Crippen LogP contribution < -0.4 is 5.32 Å². The molecule has 0 saturated heterocycles. The Bertz CT molecular complexity index is 442. The van der Waals surface area contributed by atoms with Gasteiger partial charge in [-0.3, -0.25) is 0 Å². The number of aryl methyl sites for hydroxylation is 2. The van der Waals surface area contributed by atoms with Crippen LogP contribution in [0.5, 0.6) is 0 Å². The first-order valence-corrected chi connectivity index (χ1v) is 6.64. The third-order valence-corrected chi connectivity index (χ3v) is 3.38. The number of rotatable bonds is 5. The van der Waals surface area contributed by atoms with Gasteiger partial charge in [-0.05, 0) is 42.5 Å². The second-order valence-corrected chi connectivity index (χ2v) is 4.70. The van der Waals surface area contributed by atoms with Crippen molar-refractivity contribution in [2.24, 2.45) is 0 Å². The number of aliphatic hydroxyl groups excluding tert-OH is 2. The molecule has 5 nitrogen and oxygen atoms in total. The second kappa shape index (κ2) is 6.54. The van der Waals surface area contributed by atoms with E-state index >= 15 is 0 Å². The summed E-state index contributed by atoms with van der Waals surface area (Å²) in [6, 6.07) is 5.68. The molecular formula is C14H20N2O3. The molecule has 0 aliphatic heterocycles. The summed E-state index contributed by atoms with van der Waals surface area (Å²) in [5, 5.41) is 20.6. The van der Waals surface area contributed by atoms with Crippen molar-refractivity contribution in [2.45, 2.75) is 19.3 Å². The van der Waals surface area contributed by atoms with Gasteiger partial charge in [0, 0.05) is 18.8 Å². The molecule has 5 heteroatoms. The first kappa shape index (κ1) is 13.8. The van der Waals surface area contributed by atoms with Crippen molar-refractivity contribution < 1.29 is 15.0 Å². The Hall–Kier alpha value is -1.59. The summed E-state index contributed by atoms with van der Waals surface area (Å²) >= 11 is 0. The molecule has 0 spiro atoms. The molecule has 2 rings (SSSR count). The average Bonchev–Trinajstić information content (AvgIpc) is 2.86. The van der Waals surface area contributed by atoms with Crippen LogP contribution in [0, 0.1) is 0 Å². The van der Waals surface area contributed by atoms with E-state index in [1.807, 2.05) is 12.1 Å². The first-order chi connectivity index (χ1) is 9.24. The molecule has 1 aromatic carbocycles. The minimum atomic E-state index is -0.291. The Balaban J connectivity index is 2.01. The van der Waals surface area contributed by atoms with Crippen LogP contribution in [-0.2, 0) is 12.8 Å². The number of aliphatic hydroxyl groups is 2. The van der Waals surface area contributed by atoms with E-state index in [9.17, 15) is 4.79 Å². The van der Waals surface area contributed by atoms with Crippen LogP contribution >= 0.6 is 0 Å². The third-order valence-electron chi connectivity index (χ3n) is 3.38. The number of nitrogens with one attached hydrogen (secondary N) is 1. The van der Waals surface area contributed by atoms with E-state index in [-0.39, 0.29) is 32.3 Å². The lowest BCUT2D eigenvalue weighted by molar-refractivity contribution is 0.167. The molecule has 0 unspecified atom stereocenters. The highest BCUT2D eigenvalue weighted by atomic mass is 16.3. The molecule has 0 atom stereocenters. The summed E-state index contributed by atoms with van der Waals surface area (Å²) in [5.41, 5.74) is 3.43. The number of hydrogen-bond acceptors (Lipinski definition) is 3. The number of amides is 2. The molecule has 0 saturated carbocycles. The van der Waals surface area contributed by atoms with Crippen molar-refractivity contribution in [3.8, 4) is 0 Å². The zero-order valence-corrected chi connectivity index (χ0v) is 10.9. The summed E-state index contributed by atoms with van der Waals surface area (Å²) in [4.78, 5) is 13.4. The highest BCUT2D eigenvalue weighted by Gasteiger charge is 2.15. The van der Waals surface area contributed by atoms with Crippen LogP contribution in [0.15, 0.2) is 18.2 Å². The molecule has 2 amide bonds. The van der Waals surface area contributed by atoms with Crippen LogP contribution in [0.25, 0.3) is 0 Å². The Morgan fingerprint density at radius 1 is 1.16 bits per heavy atom. The second-order valence-electron chi connectivity index (χ2n) is 4.70. The van der Waals surface area contributed by atoms with Crippen molar-refractivity contribution >= 4 is 11.7 Å². The van der Waals surface area contributed by atoms with Crippen LogP contribution in [0.4, 0.5) is 10.5 Å². The van der Waals surface area contributed by atoms with E-state index in [2.05, 4.69) is 11.4 Å². The Morgan fingerprint density at radius 2 is 1.84 bits per heavy atom. The number of carbonyl (C=O) groups excluding carboxylic acids is 1. The van der Waals surface area contributed by atoms with Gasteiger partial charge >= 0.3 is 6.03 Å². The lowest BCUT2D eigenvalue weighted by atomic mass is 10.1. The lowest BCUT2D eigenvalue weighted by Crippen LogP contribution is -2.38. The van der Waals surface area contributed by atoms with Crippen LogP contribution in [-0.4, -0.2) is 47.4 Å². The van der Waals surface area contributed by atoms with Gasteiger partial charge in [-0.25, -0.2) is 4.79 Å². The predicted octanol–water partition coefficient (Wildman–Crippen LogP) is 0.994. The van der Waals surface area contributed by atoms with Gasteiger partial charge < -0.3 is 20.4 Å². The van der Waals surface area contributed by atoms with E-state index in [1.54, 1.807) is 0 Å². The average molecular weight is 264 g/mol. The molecule has 0 radical (unpaired) electrons. The van der Waals surface area contributed by atoms with Crippen LogP contribution in [0.2, 0.25) is 0 Å². The fraction of sp³-hybridized carbons (Fsp3) is 0.500. The van der Waals surface area contributed by atoms with Crippen molar-refractivity contribution in [2.75, 3.05) is 31.6 Å². The Labute approximate surface area is 112 Å². The number of urea groups is 1. The molecule has 3 N–H and O–H groups in total. The number of fused-ring (bicyclic) bond motifs is 1. The van der Waals surface area contributed by atoms with Gasteiger partial charge in [-0.2, -0.15) is 0 Å². The van der Waals surface area contributed by atoms with E-state index in [4.69, 9.17) is 10.2 Å². The maximum atomic E-state index is 12.0. The smallest absolute Gasteiger partial charge is 0.321 e. The largest absolute Gasteiger partial charge is 0.395 e. The number of nitrogens with zero attached hydrogens (tertiary/aromatic N) is 1. The quantitative estimate of drug-likeness (QED) is 0.742. The zero-order valence-electron chi connectivity index (χ0n) is 10.9. The molecule has 0 heterocycles. The van der Waals surface area contributed by atoms with Crippen LogP contribution in [0.3, 0.4) is 0 Å². The molecule has 1 aliphatic rings. The summed E-state index contributed by atoms with van der Waals surface area (Å²) in [5.74, 6) is 0. The van der Waals surface area contributed by atoms with Gasteiger partial charge in [0.15, 0.2) is 0 Å². The molecular weight excluding hydrogens is 244 g/mol. The molecule has 0 aromatic heterocycles.